The van der Waals surface area contributed by atoms with Crippen LogP contribution >= 0.6 is 0 Å². The molecule has 0 nitrogen and oxygen atoms in total. The highest BCUT2D eigenvalue weighted by Crippen LogP contribution is 2.27. The van der Waals surface area contributed by atoms with Crippen molar-refractivity contribution in [3.8, 4) is 0 Å². The van der Waals surface area contributed by atoms with Crippen LogP contribution in [0.3, 0.4) is 0 Å². The third-order valence-corrected chi connectivity index (χ3v) is 3.81. The first kappa shape index (κ1) is 16.0. The lowest BCUT2D eigenvalue weighted by Gasteiger charge is -2.23. The third-order valence-electron chi connectivity index (χ3n) is 3.81. The Labute approximate surface area is 104 Å². The molecule has 0 heteroatoms. The standard InChI is InChI=1S/C16H34/c1-6-10-15(5)16(11-7-2)13-9-8-12-14(3)4/h14-16H,6-13H2,1-5H3. The molecule has 0 saturated carbocycles. The van der Waals surface area contributed by atoms with Gasteiger partial charge in [-0.3, -0.25) is 0 Å². The van der Waals surface area contributed by atoms with Crippen molar-refractivity contribution in [2.45, 2.75) is 86.0 Å². The van der Waals surface area contributed by atoms with Gasteiger partial charge >= 0.3 is 0 Å². The van der Waals surface area contributed by atoms with Crippen LogP contribution in [-0.2, 0) is 0 Å². The minimum atomic E-state index is 0.887. The molecule has 0 bridgehead atoms. The first-order valence-electron chi connectivity index (χ1n) is 7.61. The third kappa shape index (κ3) is 8.19. The fourth-order valence-corrected chi connectivity index (χ4v) is 2.73. The van der Waals surface area contributed by atoms with Crippen molar-refractivity contribution in [1.82, 2.24) is 0 Å². The molecule has 16 heavy (non-hydrogen) atoms. The molecule has 98 valence electrons. The predicted molar refractivity (Wildman–Crippen MR) is 75.8 cm³/mol. The van der Waals surface area contributed by atoms with E-state index in [-0.39, 0.29) is 0 Å². The Morgan fingerprint density at radius 3 is 1.75 bits per heavy atom. The topological polar surface area (TPSA) is 0 Å². The van der Waals surface area contributed by atoms with E-state index in [2.05, 4.69) is 34.6 Å². The molecule has 0 spiro atoms. The molecule has 0 amide bonds. The van der Waals surface area contributed by atoms with Gasteiger partial charge in [0, 0.05) is 0 Å². The number of unbranched alkanes of at least 4 members (excludes halogenated alkanes) is 1. The van der Waals surface area contributed by atoms with E-state index in [9.17, 15) is 0 Å². The van der Waals surface area contributed by atoms with Crippen LogP contribution in [-0.4, -0.2) is 0 Å². The van der Waals surface area contributed by atoms with Gasteiger partial charge in [0.15, 0.2) is 0 Å². The molecule has 0 heterocycles. The lowest BCUT2D eigenvalue weighted by atomic mass is 9.83. The van der Waals surface area contributed by atoms with E-state index in [0.29, 0.717) is 0 Å². The van der Waals surface area contributed by atoms with E-state index in [1.807, 2.05) is 0 Å². The Kier molecular flexibility index (Phi) is 10.2. The van der Waals surface area contributed by atoms with Crippen molar-refractivity contribution in [3.63, 3.8) is 0 Å². The maximum atomic E-state index is 2.46. The molecule has 0 N–H and O–H groups in total. The van der Waals surface area contributed by atoms with E-state index >= 15 is 0 Å². The zero-order chi connectivity index (χ0) is 12.4. The van der Waals surface area contributed by atoms with Crippen molar-refractivity contribution < 1.29 is 0 Å². The van der Waals surface area contributed by atoms with E-state index in [1.54, 1.807) is 0 Å². The van der Waals surface area contributed by atoms with Gasteiger partial charge in [-0.1, -0.05) is 86.0 Å². The molecule has 0 aromatic rings. The second-order valence-corrected chi connectivity index (χ2v) is 5.99. The van der Waals surface area contributed by atoms with Crippen molar-refractivity contribution in [1.29, 1.82) is 0 Å². The van der Waals surface area contributed by atoms with Gasteiger partial charge in [0.05, 0.1) is 0 Å². The van der Waals surface area contributed by atoms with Gasteiger partial charge in [0.25, 0.3) is 0 Å². The normalized spacial score (nSPS) is 15.4. The average Bonchev–Trinajstić information content (AvgIpc) is 2.22. The Hall–Kier alpha value is 0. The SMILES string of the molecule is CCCC(C)C(CCC)CCCCC(C)C. The fourth-order valence-electron chi connectivity index (χ4n) is 2.73. The summed E-state index contributed by atoms with van der Waals surface area (Å²) in [6, 6.07) is 0. The quantitative estimate of drug-likeness (QED) is 0.397. The Morgan fingerprint density at radius 2 is 1.25 bits per heavy atom. The summed E-state index contributed by atoms with van der Waals surface area (Å²) in [6.45, 7) is 11.8. The van der Waals surface area contributed by atoms with Crippen molar-refractivity contribution in [2.24, 2.45) is 17.8 Å². The Morgan fingerprint density at radius 1 is 0.688 bits per heavy atom. The largest absolute Gasteiger partial charge is 0.0654 e. The van der Waals surface area contributed by atoms with Crippen LogP contribution < -0.4 is 0 Å². The van der Waals surface area contributed by atoms with Crippen molar-refractivity contribution in [2.75, 3.05) is 0 Å². The highest BCUT2D eigenvalue weighted by Gasteiger charge is 2.15. The molecule has 2 atom stereocenters. The number of hydrogen-bond acceptors (Lipinski definition) is 0. The summed E-state index contributed by atoms with van der Waals surface area (Å²) in [5, 5.41) is 0. The van der Waals surface area contributed by atoms with Gasteiger partial charge in [0.1, 0.15) is 0 Å². The van der Waals surface area contributed by atoms with Gasteiger partial charge in [-0.05, 0) is 17.8 Å². The molecule has 0 radical (unpaired) electrons. The first-order chi connectivity index (χ1) is 7.61. The van der Waals surface area contributed by atoms with E-state index in [0.717, 1.165) is 17.8 Å². The molecule has 0 aromatic heterocycles. The second-order valence-electron chi connectivity index (χ2n) is 5.99. The van der Waals surface area contributed by atoms with Crippen LogP contribution in [0, 0.1) is 17.8 Å². The smallest absolute Gasteiger partial charge is 0.0389 e. The fraction of sp³-hybridized carbons (Fsp3) is 1.00. The van der Waals surface area contributed by atoms with Gasteiger partial charge < -0.3 is 0 Å². The summed E-state index contributed by atoms with van der Waals surface area (Å²) in [4.78, 5) is 0. The molecular weight excluding hydrogens is 192 g/mol. The zero-order valence-corrected chi connectivity index (χ0v) is 12.4. The Bertz CT molecular complexity index is 137. The van der Waals surface area contributed by atoms with Crippen molar-refractivity contribution in [3.05, 3.63) is 0 Å². The van der Waals surface area contributed by atoms with Crippen molar-refractivity contribution >= 4 is 0 Å². The molecule has 0 aromatic carbocycles. The van der Waals surface area contributed by atoms with E-state index < -0.39 is 0 Å². The molecular formula is C16H34. The first-order valence-corrected chi connectivity index (χ1v) is 7.61. The van der Waals surface area contributed by atoms with Crippen LogP contribution in [0.2, 0.25) is 0 Å². The number of rotatable bonds is 10. The molecule has 0 saturated heterocycles. The van der Waals surface area contributed by atoms with Crippen LogP contribution in [0.15, 0.2) is 0 Å². The average molecular weight is 226 g/mol. The van der Waals surface area contributed by atoms with Crippen LogP contribution in [0.5, 0.6) is 0 Å². The summed E-state index contributed by atoms with van der Waals surface area (Å²) < 4.78 is 0. The van der Waals surface area contributed by atoms with Gasteiger partial charge in [-0.15, -0.1) is 0 Å². The lowest BCUT2D eigenvalue weighted by molar-refractivity contribution is 0.284. The highest BCUT2D eigenvalue weighted by molar-refractivity contribution is 4.66. The second kappa shape index (κ2) is 10.2. The molecule has 2 unspecified atom stereocenters. The molecule has 0 aliphatic rings. The van der Waals surface area contributed by atoms with Gasteiger partial charge in [0.2, 0.25) is 0 Å². The molecule has 0 fully saturated rings. The van der Waals surface area contributed by atoms with Crippen LogP contribution in [0.4, 0.5) is 0 Å². The van der Waals surface area contributed by atoms with Crippen LogP contribution in [0.1, 0.15) is 86.0 Å². The van der Waals surface area contributed by atoms with Crippen LogP contribution in [0.25, 0.3) is 0 Å². The van der Waals surface area contributed by atoms with E-state index in [4.69, 9.17) is 0 Å². The summed E-state index contributed by atoms with van der Waals surface area (Å²) >= 11 is 0. The minimum absolute atomic E-state index is 0.887. The summed E-state index contributed by atoms with van der Waals surface area (Å²) in [7, 11) is 0. The molecule has 0 aliphatic heterocycles. The number of hydrogen-bond donors (Lipinski definition) is 0. The summed E-state index contributed by atoms with van der Waals surface area (Å²) in [5.41, 5.74) is 0. The monoisotopic (exact) mass is 226 g/mol. The highest BCUT2D eigenvalue weighted by atomic mass is 14.2. The maximum Gasteiger partial charge on any atom is -0.0389 e. The van der Waals surface area contributed by atoms with E-state index in [1.165, 1.54) is 51.4 Å². The molecule has 0 aliphatic carbocycles. The minimum Gasteiger partial charge on any atom is -0.0654 e. The predicted octanol–water partition coefficient (Wildman–Crippen LogP) is 6.06. The van der Waals surface area contributed by atoms with Gasteiger partial charge in [-0.2, -0.15) is 0 Å². The maximum absolute atomic E-state index is 2.46. The zero-order valence-electron chi connectivity index (χ0n) is 12.4. The van der Waals surface area contributed by atoms with Gasteiger partial charge in [-0.25, -0.2) is 0 Å². The lowest BCUT2D eigenvalue weighted by Crippen LogP contribution is -2.11. The molecule has 0 rings (SSSR count). The Balaban J connectivity index is 3.75. The summed E-state index contributed by atoms with van der Waals surface area (Å²) in [6.07, 6.45) is 11.4. The summed E-state index contributed by atoms with van der Waals surface area (Å²) in [5.74, 6) is 2.83.